The lowest BCUT2D eigenvalue weighted by molar-refractivity contribution is 0.412. The van der Waals surface area contributed by atoms with Crippen LogP contribution < -0.4 is 4.72 Å². The number of sulfonamides is 1. The van der Waals surface area contributed by atoms with Crippen LogP contribution in [0.15, 0.2) is 23.2 Å². The standard InChI is InChI=1S/C11H15ClN2O2S/c12-11-10(7-4-8-13-11)17(15,16)14-9-5-2-1-3-6-9/h4,7-9,14H,1-3,5-6H2. The molecule has 0 bridgehead atoms. The third kappa shape index (κ3) is 3.18. The first-order valence-electron chi connectivity index (χ1n) is 5.72. The average Bonchev–Trinajstić information content (AvgIpc) is 2.30. The predicted octanol–water partition coefficient (Wildman–Crippen LogP) is 2.35. The van der Waals surface area contributed by atoms with Gasteiger partial charge in [-0.25, -0.2) is 18.1 Å². The number of halogens is 1. The molecule has 0 radical (unpaired) electrons. The Labute approximate surface area is 106 Å². The van der Waals surface area contributed by atoms with Crippen LogP contribution in [0.3, 0.4) is 0 Å². The number of aromatic nitrogens is 1. The Balaban J connectivity index is 2.16. The molecular formula is C11H15ClN2O2S. The second-order valence-electron chi connectivity index (χ2n) is 4.25. The molecule has 0 amide bonds. The highest BCUT2D eigenvalue weighted by atomic mass is 35.5. The average molecular weight is 275 g/mol. The van der Waals surface area contributed by atoms with Crippen molar-refractivity contribution in [2.75, 3.05) is 0 Å². The van der Waals surface area contributed by atoms with Crippen LogP contribution in [0.4, 0.5) is 0 Å². The topological polar surface area (TPSA) is 59.1 Å². The van der Waals surface area contributed by atoms with Gasteiger partial charge < -0.3 is 0 Å². The van der Waals surface area contributed by atoms with E-state index in [-0.39, 0.29) is 16.1 Å². The van der Waals surface area contributed by atoms with E-state index in [0.717, 1.165) is 25.7 Å². The van der Waals surface area contributed by atoms with Crippen molar-refractivity contribution in [2.24, 2.45) is 0 Å². The van der Waals surface area contributed by atoms with E-state index < -0.39 is 10.0 Å². The van der Waals surface area contributed by atoms with Crippen LogP contribution >= 0.6 is 11.6 Å². The molecule has 0 aromatic carbocycles. The van der Waals surface area contributed by atoms with E-state index in [1.807, 2.05) is 0 Å². The smallest absolute Gasteiger partial charge is 0.243 e. The predicted molar refractivity (Wildman–Crippen MR) is 66.4 cm³/mol. The van der Waals surface area contributed by atoms with Crippen molar-refractivity contribution in [1.29, 1.82) is 0 Å². The molecule has 1 aromatic rings. The summed E-state index contributed by atoms with van der Waals surface area (Å²) < 4.78 is 26.9. The Morgan fingerprint density at radius 3 is 2.65 bits per heavy atom. The molecular weight excluding hydrogens is 260 g/mol. The summed E-state index contributed by atoms with van der Waals surface area (Å²) in [6.07, 6.45) is 6.62. The van der Waals surface area contributed by atoms with Gasteiger partial charge in [0.1, 0.15) is 10.0 Å². The van der Waals surface area contributed by atoms with Crippen molar-refractivity contribution in [2.45, 2.75) is 43.0 Å². The SMILES string of the molecule is O=S(=O)(NC1CCCCC1)c1cccnc1Cl. The molecule has 0 unspecified atom stereocenters. The number of hydrogen-bond acceptors (Lipinski definition) is 3. The van der Waals surface area contributed by atoms with Gasteiger partial charge in [-0.3, -0.25) is 0 Å². The van der Waals surface area contributed by atoms with E-state index in [2.05, 4.69) is 9.71 Å². The summed E-state index contributed by atoms with van der Waals surface area (Å²) in [6.45, 7) is 0. The summed E-state index contributed by atoms with van der Waals surface area (Å²) in [5.41, 5.74) is 0. The Bertz CT molecular complexity index is 484. The second-order valence-corrected chi connectivity index (χ2v) is 6.29. The third-order valence-corrected chi connectivity index (χ3v) is 4.91. The molecule has 0 atom stereocenters. The van der Waals surface area contributed by atoms with Gasteiger partial charge in [-0.05, 0) is 25.0 Å². The maximum atomic E-state index is 12.1. The van der Waals surface area contributed by atoms with Gasteiger partial charge in [0.05, 0.1) is 0 Å². The number of nitrogens with zero attached hydrogens (tertiary/aromatic N) is 1. The fourth-order valence-corrected chi connectivity index (χ4v) is 3.83. The first-order chi connectivity index (χ1) is 8.09. The summed E-state index contributed by atoms with van der Waals surface area (Å²) in [5, 5.41) is 0.0239. The lowest BCUT2D eigenvalue weighted by Gasteiger charge is -2.22. The first kappa shape index (κ1) is 12.8. The quantitative estimate of drug-likeness (QED) is 0.861. The molecule has 1 N–H and O–H groups in total. The summed E-state index contributed by atoms with van der Waals surface area (Å²) in [7, 11) is -3.54. The van der Waals surface area contributed by atoms with Gasteiger partial charge in [-0.1, -0.05) is 30.9 Å². The number of nitrogens with one attached hydrogen (secondary N) is 1. The number of hydrogen-bond donors (Lipinski definition) is 1. The zero-order valence-electron chi connectivity index (χ0n) is 9.39. The zero-order chi connectivity index (χ0) is 12.3. The third-order valence-electron chi connectivity index (χ3n) is 2.94. The van der Waals surface area contributed by atoms with E-state index in [9.17, 15) is 8.42 Å². The Morgan fingerprint density at radius 1 is 1.29 bits per heavy atom. The van der Waals surface area contributed by atoms with Crippen molar-refractivity contribution in [3.8, 4) is 0 Å². The van der Waals surface area contributed by atoms with Crippen LogP contribution in [0.2, 0.25) is 5.15 Å². The highest BCUT2D eigenvalue weighted by molar-refractivity contribution is 7.89. The maximum absolute atomic E-state index is 12.1. The van der Waals surface area contributed by atoms with E-state index in [4.69, 9.17) is 11.6 Å². The van der Waals surface area contributed by atoms with Gasteiger partial charge in [-0.2, -0.15) is 0 Å². The van der Waals surface area contributed by atoms with E-state index in [1.165, 1.54) is 18.7 Å². The molecule has 6 heteroatoms. The van der Waals surface area contributed by atoms with Crippen molar-refractivity contribution in [3.63, 3.8) is 0 Å². The van der Waals surface area contributed by atoms with Gasteiger partial charge in [-0.15, -0.1) is 0 Å². The van der Waals surface area contributed by atoms with Gasteiger partial charge in [0.25, 0.3) is 0 Å². The molecule has 1 aliphatic carbocycles. The largest absolute Gasteiger partial charge is 0.243 e. The molecule has 4 nitrogen and oxygen atoms in total. The maximum Gasteiger partial charge on any atom is 0.243 e. The van der Waals surface area contributed by atoms with Crippen LogP contribution in [0.1, 0.15) is 32.1 Å². The molecule has 94 valence electrons. The molecule has 2 rings (SSSR count). The lowest BCUT2D eigenvalue weighted by Crippen LogP contribution is -2.36. The van der Waals surface area contributed by atoms with Crippen LogP contribution in [-0.2, 0) is 10.0 Å². The van der Waals surface area contributed by atoms with Crippen molar-refractivity contribution < 1.29 is 8.42 Å². The normalized spacial score (nSPS) is 18.2. The lowest BCUT2D eigenvalue weighted by atomic mass is 9.96. The summed E-state index contributed by atoms with van der Waals surface area (Å²) in [6, 6.07) is 3.08. The van der Waals surface area contributed by atoms with Crippen LogP contribution in [0.5, 0.6) is 0 Å². The minimum absolute atomic E-state index is 0.0239. The molecule has 17 heavy (non-hydrogen) atoms. The van der Waals surface area contributed by atoms with Crippen LogP contribution in [0.25, 0.3) is 0 Å². The Kier molecular flexibility index (Phi) is 4.01. The molecule has 0 aliphatic heterocycles. The molecule has 1 heterocycles. The molecule has 1 saturated carbocycles. The number of pyridine rings is 1. The van der Waals surface area contributed by atoms with Crippen molar-refractivity contribution in [1.82, 2.24) is 9.71 Å². The highest BCUT2D eigenvalue weighted by Gasteiger charge is 2.23. The molecule has 1 aliphatic rings. The Morgan fingerprint density at radius 2 is 2.00 bits per heavy atom. The highest BCUT2D eigenvalue weighted by Crippen LogP contribution is 2.22. The minimum atomic E-state index is -3.54. The monoisotopic (exact) mass is 274 g/mol. The Hall–Kier alpha value is -0.650. The molecule has 1 fully saturated rings. The summed E-state index contributed by atoms with van der Waals surface area (Å²) in [4.78, 5) is 3.85. The minimum Gasteiger partial charge on any atom is -0.243 e. The van der Waals surface area contributed by atoms with Gasteiger partial charge in [0, 0.05) is 12.2 Å². The fraction of sp³-hybridized carbons (Fsp3) is 0.545. The van der Waals surface area contributed by atoms with E-state index >= 15 is 0 Å². The van der Waals surface area contributed by atoms with Crippen molar-refractivity contribution >= 4 is 21.6 Å². The second kappa shape index (κ2) is 5.33. The molecule has 0 saturated heterocycles. The van der Waals surface area contributed by atoms with Gasteiger partial charge in [0.15, 0.2) is 0 Å². The summed E-state index contributed by atoms with van der Waals surface area (Å²) >= 11 is 5.80. The molecule has 1 aromatic heterocycles. The fourth-order valence-electron chi connectivity index (χ4n) is 2.08. The summed E-state index contributed by atoms with van der Waals surface area (Å²) in [5.74, 6) is 0. The van der Waals surface area contributed by atoms with Crippen molar-refractivity contribution in [3.05, 3.63) is 23.5 Å². The zero-order valence-corrected chi connectivity index (χ0v) is 11.0. The van der Waals surface area contributed by atoms with E-state index in [0.29, 0.717) is 0 Å². The van der Waals surface area contributed by atoms with E-state index in [1.54, 1.807) is 6.07 Å². The number of rotatable bonds is 3. The molecule has 0 spiro atoms. The van der Waals surface area contributed by atoms with Crippen LogP contribution in [0, 0.1) is 0 Å². The van der Waals surface area contributed by atoms with Crippen LogP contribution in [-0.4, -0.2) is 19.4 Å². The van der Waals surface area contributed by atoms with Gasteiger partial charge in [0.2, 0.25) is 10.0 Å². The van der Waals surface area contributed by atoms with Gasteiger partial charge >= 0.3 is 0 Å². The first-order valence-corrected chi connectivity index (χ1v) is 7.58.